The lowest BCUT2D eigenvalue weighted by atomic mass is 9.83. The molecule has 0 bridgehead atoms. The standard InChI is InChI=1S/C28H31FN6/c1-28(2)13-16-33(17-14-28)26-10-4-8-22(31-26)24-19-30-25-11-12-27(32-35(24)25)34-15-5-9-23(34)20-6-3-7-21(29)18-20/h3-4,6-8,10-12,18-19,23H,5,9,13-17H2,1-2H3. The lowest BCUT2D eigenvalue weighted by Gasteiger charge is -2.37. The number of imidazole rings is 1. The van der Waals surface area contributed by atoms with Gasteiger partial charge in [0.05, 0.1) is 17.9 Å². The first-order valence-electron chi connectivity index (χ1n) is 12.6. The van der Waals surface area contributed by atoms with Gasteiger partial charge in [0.15, 0.2) is 5.65 Å². The zero-order valence-corrected chi connectivity index (χ0v) is 20.4. The zero-order chi connectivity index (χ0) is 24.0. The van der Waals surface area contributed by atoms with Crippen LogP contribution in [0, 0.1) is 11.2 Å². The fraction of sp³-hybridized carbons (Fsp3) is 0.393. The van der Waals surface area contributed by atoms with Crippen LogP contribution in [0.3, 0.4) is 0 Å². The fourth-order valence-corrected chi connectivity index (χ4v) is 5.38. The number of hydrogen-bond acceptors (Lipinski definition) is 5. The van der Waals surface area contributed by atoms with Gasteiger partial charge in [-0.2, -0.15) is 0 Å². The Hall–Kier alpha value is -3.48. The van der Waals surface area contributed by atoms with Gasteiger partial charge in [-0.05, 0) is 73.1 Å². The molecule has 0 amide bonds. The SMILES string of the molecule is CC1(C)CCN(c2cccc(-c3cnc4ccc(N5CCCC5c5cccc(F)c5)nn34)n2)CC1. The van der Waals surface area contributed by atoms with Crippen molar-refractivity contribution in [2.24, 2.45) is 5.41 Å². The van der Waals surface area contributed by atoms with E-state index in [1.165, 1.54) is 18.9 Å². The van der Waals surface area contributed by atoms with Crippen molar-refractivity contribution in [3.05, 3.63) is 72.2 Å². The van der Waals surface area contributed by atoms with Gasteiger partial charge in [-0.3, -0.25) is 0 Å². The molecular weight excluding hydrogens is 439 g/mol. The molecule has 1 atom stereocenters. The van der Waals surface area contributed by atoms with Gasteiger partial charge in [-0.1, -0.05) is 32.0 Å². The normalized spacial score (nSPS) is 20.0. The number of nitrogens with zero attached hydrogens (tertiary/aromatic N) is 6. The van der Waals surface area contributed by atoms with Gasteiger partial charge in [0, 0.05) is 19.6 Å². The minimum absolute atomic E-state index is 0.118. The average molecular weight is 471 g/mol. The summed E-state index contributed by atoms with van der Waals surface area (Å²) in [4.78, 5) is 14.3. The van der Waals surface area contributed by atoms with Gasteiger partial charge < -0.3 is 9.80 Å². The number of anilines is 2. The van der Waals surface area contributed by atoms with E-state index in [1.54, 1.807) is 12.1 Å². The summed E-state index contributed by atoms with van der Waals surface area (Å²) in [5.74, 6) is 1.69. The highest BCUT2D eigenvalue weighted by Crippen LogP contribution is 2.36. The molecule has 1 aromatic carbocycles. The monoisotopic (exact) mass is 470 g/mol. The van der Waals surface area contributed by atoms with Gasteiger partial charge in [-0.15, -0.1) is 5.10 Å². The topological polar surface area (TPSA) is 49.6 Å². The molecule has 3 aromatic heterocycles. The van der Waals surface area contributed by atoms with Crippen LogP contribution in [0.25, 0.3) is 17.0 Å². The summed E-state index contributed by atoms with van der Waals surface area (Å²) in [5.41, 5.74) is 3.93. The maximum Gasteiger partial charge on any atom is 0.154 e. The Kier molecular flexibility index (Phi) is 5.43. The third-order valence-corrected chi connectivity index (χ3v) is 7.57. The lowest BCUT2D eigenvalue weighted by Crippen LogP contribution is -2.37. The molecule has 35 heavy (non-hydrogen) atoms. The van der Waals surface area contributed by atoms with E-state index in [2.05, 4.69) is 40.8 Å². The van der Waals surface area contributed by atoms with Gasteiger partial charge in [-0.25, -0.2) is 18.9 Å². The van der Waals surface area contributed by atoms with Crippen molar-refractivity contribution in [1.82, 2.24) is 19.6 Å². The molecule has 6 nitrogen and oxygen atoms in total. The summed E-state index contributed by atoms with van der Waals surface area (Å²) >= 11 is 0. The van der Waals surface area contributed by atoms with Crippen LogP contribution < -0.4 is 9.80 Å². The van der Waals surface area contributed by atoms with Crippen molar-refractivity contribution < 1.29 is 4.39 Å². The molecule has 7 heteroatoms. The number of hydrogen-bond donors (Lipinski definition) is 0. The highest BCUT2D eigenvalue weighted by atomic mass is 19.1. The van der Waals surface area contributed by atoms with Crippen LogP contribution in [-0.4, -0.2) is 39.2 Å². The molecule has 2 saturated heterocycles. The minimum atomic E-state index is -0.196. The molecule has 2 aliphatic rings. The van der Waals surface area contributed by atoms with Gasteiger partial charge >= 0.3 is 0 Å². The van der Waals surface area contributed by atoms with Gasteiger partial charge in [0.1, 0.15) is 23.1 Å². The van der Waals surface area contributed by atoms with Crippen LogP contribution in [-0.2, 0) is 0 Å². The Bertz CT molecular complexity index is 1350. The molecule has 2 fully saturated rings. The Morgan fingerprint density at radius 1 is 0.943 bits per heavy atom. The van der Waals surface area contributed by atoms with Crippen molar-refractivity contribution in [3.8, 4) is 11.4 Å². The molecular formula is C28H31FN6. The largest absolute Gasteiger partial charge is 0.357 e. The number of aromatic nitrogens is 4. The second-order valence-electron chi connectivity index (χ2n) is 10.5. The van der Waals surface area contributed by atoms with E-state index in [9.17, 15) is 4.39 Å². The second-order valence-corrected chi connectivity index (χ2v) is 10.5. The molecule has 5 heterocycles. The van der Waals surface area contributed by atoms with Crippen LogP contribution in [0.15, 0.2) is 60.8 Å². The number of piperidine rings is 1. The number of halogens is 1. The quantitative estimate of drug-likeness (QED) is 0.372. The maximum atomic E-state index is 13.9. The maximum absolute atomic E-state index is 13.9. The summed E-state index contributed by atoms with van der Waals surface area (Å²) in [7, 11) is 0. The molecule has 6 rings (SSSR count). The van der Waals surface area contributed by atoms with E-state index < -0.39 is 0 Å². The average Bonchev–Trinajstić information content (AvgIpc) is 3.51. The van der Waals surface area contributed by atoms with Crippen LogP contribution in [0.1, 0.15) is 51.1 Å². The number of fused-ring (bicyclic) bond motifs is 1. The Morgan fingerprint density at radius 3 is 2.60 bits per heavy atom. The predicted octanol–water partition coefficient (Wildman–Crippen LogP) is 5.90. The van der Waals surface area contributed by atoms with Crippen molar-refractivity contribution in [2.45, 2.75) is 45.6 Å². The first-order chi connectivity index (χ1) is 17.0. The number of rotatable bonds is 4. The summed E-state index contributed by atoms with van der Waals surface area (Å²) in [5, 5.41) is 4.99. The second kappa shape index (κ2) is 8.63. The number of pyridine rings is 1. The smallest absolute Gasteiger partial charge is 0.154 e. The summed E-state index contributed by atoms with van der Waals surface area (Å²) in [6.07, 6.45) is 6.22. The first kappa shape index (κ1) is 22.0. The molecule has 0 aliphatic carbocycles. The van der Waals surface area contributed by atoms with E-state index in [0.29, 0.717) is 5.41 Å². The Labute approximate surface area is 205 Å². The highest BCUT2D eigenvalue weighted by molar-refractivity contribution is 5.62. The van der Waals surface area contributed by atoms with Crippen molar-refractivity contribution in [2.75, 3.05) is 29.4 Å². The van der Waals surface area contributed by atoms with E-state index in [-0.39, 0.29) is 11.9 Å². The Morgan fingerprint density at radius 2 is 1.77 bits per heavy atom. The summed E-state index contributed by atoms with van der Waals surface area (Å²) in [6, 6.07) is 17.3. The van der Waals surface area contributed by atoms with Crippen LogP contribution in [0.5, 0.6) is 0 Å². The molecule has 0 N–H and O–H groups in total. The lowest BCUT2D eigenvalue weighted by molar-refractivity contribution is 0.279. The predicted molar refractivity (Wildman–Crippen MR) is 137 cm³/mol. The third kappa shape index (κ3) is 4.24. The molecule has 2 aliphatic heterocycles. The highest BCUT2D eigenvalue weighted by Gasteiger charge is 2.28. The fourth-order valence-electron chi connectivity index (χ4n) is 5.38. The number of benzene rings is 1. The van der Waals surface area contributed by atoms with Crippen molar-refractivity contribution >= 4 is 17.3 Å². The van der Waals surface area contributed by atoms with E-state index in [0.717, 1.165) is 66.7 Å². The molecule has 0 saturated carbocycles. The van der Waals surface area contributed by atoms with E-state index >= 15 is 0 Å². The van der Waals surface area contributed by atoms with Gasteiger partial charge in [0.2, 0.25) is 0 Å². The minimum Gasteiger partial charge on any atom is -0.357 e. The van der Waals surface area contributed by atoms with Crippen molar-refractivity contribution in [3.63, 3.8) is 0 Å². The zero-order valence-electron chi connectivity index (χ0n) is 20.4. The molecule has 0 radical (unpaired) electrons. The van der Waals surface area contributed by atoms with Gasteiger partial charge in [0.25, 0.3) is 0 Å². The molecule has 180 valence electrons. The summed E-state index contributed by atoms with van der Waals surface area (Å²) < 4.78 is 15.8. The van der Waals surface area contributed by atoms with Crippen LogP contribution >= 0.6 is 0 Å². The van der Waals surface area contributed by atoms with Crippen molar-refractivity contribution in [1.29, 1.82) is 0 Å². The first-order valence-corrected chi connectivity index (χ1v) is 12.6. The molecule has 4 aromatic rings. The van der Waals surface area contributed by atoms with Crippen LogP contribution in [0.2, 0.25) is 0 Å². The van der Waals surface area contributed by atoms with E-state index in [1.807, 2.05) is 35.0 Å². The van der Waals surface area contributed by atoms with E-state index in [4.69, 9.17) is 10.1 Å². The Balaban J connectivity index is 1.32. The molecule has 1 unspecified atom stereocenters. The third-order valence-electron chi connectivity index (χ3n) is 7.57. The summed E-state index contributed by atoms with van der Waals surface area (Å²) in [6.45, 7) is 7.62. The van der Waals surface area contributed by atoms with Crippen LogP contribution in [0.4, 0.5) is 16.0 Å². The molecule has 0 spiro atoms.